The maximum Gasteiger partial charge on any atom is 0.146 e. The van der Waals surface area contributed by atoms with Gasteiger partial charge in [-0.1, -0.05) is 0 Å². The molecule has 1 aromatic carbocycles. The number of aryl methyl sites for hydroxylation is 1. The molecule has 4 heteroatoms. The molecule has 3 rings (SSSR count). The molecule has 3 nitrogen and oxygen atoms in total. The monoisotopic (exact) mass is 270 g/mol. The van der Waals surface area contributed by atoms with Gasteiger partial charge in [-0.2, -0.15) is 0 Å². The van der Waals surface area contributed by atoms with E-state index >= 15 is 0 Å². The minimum absolute atomic E-state index is 0.281. The summed E-state index contributed by atoms with van der Waals surface area (Å²) in [5.41, 5.74) is 2.53. The average molecular weight is 270 g/mol. The van der Waals surface area contributed by atoms with E-state index in [9.17, 15) is 4.39 Å². The van der Waals surface area contributed by atoms with Crippen LogP contribution in [0.25, 0.3) is 10.9 Å². The summed E-state index contributed by atoms with van der Waals surface area (Å²) in [6.45, 7) is 2.42. The average Bonchev–Trinajstić information content (AvgIpc) is 2.77. The molecule has 102 valence electrons. The van der Waals surface area contributed by atoms with Crippen molar-refractivity contribution in [1.82, 2.24) is 9.55 Å². The third-order valence-corrected chi connectivity index (χ3v) is 3.46. The molecule has 0 radical (unpaired) electrons. The molecule has 2 heterocycles. The molecule has 0 spiro atoms. The summed E-state index contributed by atoms with van der Waals surface area (Å²) in [6, 6.07) is 11.0. The first-order valence-electron chi connectivity index (χ1n) is 6.42. The fraction of sp³-hybridized carbons (Fsp3) is 0.188. The highest BCUT2D eigenvalue weighted by atomic mass is 19.1. The minimum atomic E-state index is -0.281. The summed E-state index contributed by atoms with van der Waals surface area (Å²) in [7, 11) is 1.64. The Hall–Kier alpha value is -2.36. The van der Waals surface area contributed by atoms with Crippen molar-refractivity contribution in [3.63, 3.8) is 0 Å². The van der Waals surface area contributed by atoms with Crippen molar-refractivity contribution in [2.45, 2.75) is 13.5 Å². The molecule has 2 aromatic heterocycles. The molecule has 0 bridgehead atoms. The number of rotatable bonds is 3. The zero-order valence-electron chi connectivity index (χ0n) is 11.4. The van der Waals surface area contributed by atoms with Gasteiger partial charge in [0, 0.05) is 23.3 Å². The first-order valence-corrected chi connectivity index (χ1v) is 6.42. The number of benzene rings is 1. The predicted octanol–water partition coefficient (Wildman–Crippen LogP) is 3.54. The summed E-state index contributed by atoms with van der Waals surface area (Å²) < 4.78 is 21.1. The number of halogens is 1. The molecule has 0 N–H and O–H groups in total. The highest BCUT2D eigenvalue weighted by Crippen LogP contribution is 2.25. The summed E-state index contributed by atoms with van der Waals surface area (Å²) in [5, 5.41) is 1.11. The highest BCUT2D eigenvalue weighted by Gasteiger charge is 2.10. The second kappa shape index (κ2) is 4.96. The van der Waals surface area contributed by atoms with E-state index in [1.54, 1.807) is 19.4 Å². The molecule has 0 amide bonds. The van der Waals surface area contributed by atoms with Crippen LogP contribution in [0, 0.1) is 12.7 Å². The Kier molecular flexibility index (Phi) is 3.14. The van der Waals surface area contributed by atoms with Gasteiger partial charge in [-0.05, 0) is 37.3 Å². The van der Waals surface area contributed by atoms with E-state index in [1.165, 1.54) is 6.07 Å². The molecule has 3 aromatic rings. The van der Waals surface area contributed by atoms with Crippen molar-refractivity contribution in [2.75, 3.05) is 7.11 Å². The summed E-state index contributed by atoms with van der Waals surface area (Å²) >= 11 is 0. The van der Waals surface area contributed by atoms with E-state index in [0.717, 1.165) is 22.3 Å². The third kappa shape index (κ3) is 2.13. The lowest BCUT2D eigenvalue weighted by atomic mass is 10.2. The van der Waals surface area contributed by atoms with Crippen LogP contribution in [0.3, 0.4) is 0 Å². The van der Waals surface area contributed by atoms with Crippen molar-refractivity contribution in [3.8, 4) is 5.75 Å². The van der Waals surface area contributed by atoms with Gasteiger partial charge in [-0.3, -0.25) is 4.98 Å². The molecule has 0 aliphatic carbocycles. The molecule has 0 unspecified atom stereocenters. The van der Waals surface area contributed by atoms with Crippen LogP contribution in [-0.4, -0.2) is 16.7 Å². The molecule has 0 saturated heterocycles. The maximum atomic E-state index is 13.8. The number of pyridine rings is 1. The van der Waals surface area contributed by atoms with E-state index in [4.69, 9.17) is 4.74 Å². The predicted molar refractivity (Wildman–Crippen MR) is 76.5 cm³/mol. The van der Waals surface area contributed by atoms with Gasteiger partial charge in [0.1, 0.15) is 11.6 Å². The first kappa shape index (κ1) is 12.7. The van der Waals surface area contributed by atoms with Crippen LogP contribution in [0.2, 0.25) is 0 Å². The van der Waals surface area contributed by atoms with E-state index < -0.39 is 0 Å². The number of fused-ring (bicyclic) bond motifs is 1. The number of methoxy groups -OCH3 is 1. The van der Waals surface area contributed by atoms with Gasteiger partial charge in [0.05, 0.1) is 24.9 Å². The lowest BCUT2D eigenvalue weighted by Gasteiger charge is -2.09. The Labute approximate surface area is 116 Å². The second-order valence-electron chi connectivity index (χ2n) is 4.73. The molecule has 0 atom stereocenters. The van der Waals surface area contributed by atoms with Crippen molar-refractivity contribution in [1.29, 1.82) is 0 Å². The smallest absolute Gasteiger partial charge is 0.146 e. The standard InChI is InChI=1S/C16H15FN2O/c1-11-8-12-5-6-13(20-2)9-16(12)19(11)10-15-14(17)4-3-7-18-15/h3-9H,10H2,1-2H3. The SMILES string of the molecule is COc1ccc2cc(C)n(Cc3ncccc3F)c2c1. The van der Waals surface area contributed by atoms with Crippen LogP contribution >= 0.6 is 0 Å². The van der Waals surface area contributed by atoms with E-state index in [1.807, 2.05) is 29.7 Å². The zero-order valence-corrected chi connectivity index (χ0v) is 11.4. The van der Waals surface area contributed by atoms with Crippen molar-refractivity contribution in [2.24, 2.45) is 0 Å². The van der Waals surface area contributed by atoms with Crippen molar-refractivity contribution < 1.29 is 9.13 Å². The lowest BCUT2D eigenvalue weighted by molar-refractivity contribution is 0.415. The molecular formula is C16H15FN2O. The van der Waals surface area contributed by atoms with Gasteiger partial charge >= 0.3 is 0 Å². The Balaban J connectivity index is 2.11. The van der Waals surface area contributed by atoms with E-state index in [2.05, 4.69) is 11.1 Å². The van der Waals surface area contributed by atoms with E-state index in [0.29, 0.717) is 12.2 Å². The molecule has 0 aliphatic heterocycles. The van der Waals surface area contributed by atoms with Crippen LogP contribution in [0.1, 0.15) is 11.4 Å². The maximum absolute atomic E-state index is 13.8. The number of ether oxygens (including phenoxy) is 1. The number of hydrogen-bond donors (Lipinski definition) is 0. The molecular weight excluding hydrogens is 255 g/mol. The minimum Gasteiger partial charge on any atom is -0.497 e. The van der Waals surface area contributed by atoms with Gasteiger partial charge in [0.2, 0.25) is 0 Å². The number of nitrogens with zero attached hydrogens (tertiary/aromatic N) is 2. The quantitative estimate of drug-likeness (QED) is 0.728. The van der Waals surface area contributed by atoms with Crippen LogP contribution in [0.5, 0.6) is 5.75 Å². The van der Waals surface area contributed by atoms with Crippen LogP contribution in [0.15, 0.2) is 42.6 Å². The van der Waals surface area contributed by atoms with Crippen LogP contribution < -0.4 is 4.74 Å². The summed E-state index contributed by atoms with van der Waals surface area (Å²) in [4.78, 5) is 4.12. The topological polar surface area (TPSA) is 27.1 Å². The fourth-order valence-electron chi connectivity index (χ4n) is 2.39. The molecule has 0 fully saturated rings. The summed E-state index contributed by atoms with van der Waals surface area (Å²) in [6.07, 6.45) is 1.61. The first-order chi connectivity index (χ1) is 9.69. The van der Waals surface area contributed by atoms with Gasteiger partial charge in [-0.25, -0.2) is 4.39 Å². The lowest BCUT2D eigenvalue weighted by Crippen LogP contribution is -2.05. The van der Waals surface area contributed by atoms with Crippen molar-refractivity contribution >= 4 is 10.9 Å². The Morgan fingerprint density at radius 3 is 2.85 bits per heavy atom. The molecule has 0 saturated carbocycles. The van der Waals surface area contributed by atoms with Gasteiger partial charge in [0.25, 0.3) is 0 Å². The number of hydrogen-bond acceptors (Lipinski definition) is 2. The van der Waals surface area contributed by atoms with Gasteiger partial charge < -0.3 is 9.30 Å². The van der Waals surface area contributed by atoms with Crippen LogP contribution in [0.4, 0.5) is 4.39 Å². The molecule has 20 heavy (non-hydrogen) atoms. The van der Waals surface area contributed by atoms with Gasteiger partial charge in [-0.15, -0.1) is 0 Å². The normalized spacial score (nSPS) is 10.9. The number of aromatic nitrogens is 2. The van der Waals surface area contributed by atoms with E-state index in [-0.39, 0.29) is 5.82 Å². The Morgan fingerprint density at radius 2 is 2.10 bits per heavy atom. The van der Waals surface area contributed by atoms with Gasteiger partial charge in [0.15, 0.2) is 0 Å². The Bertz CT molecular complexity index is 764. The fourth-order valence-corrected chi connectivity index (χ4v) is 2.39. The largest absolute Gasteiger partial charge is 0.497 e. The van der Waals surface area contributed by atoms with Crippen molar-refractivity contribution in [3.05, 3.63) is 59.8 Å². The molecule has 0 aliphatic rings. The second-order valence-corrected chi connectivity index (χ2v) is 4.73. The third-order valence-electron chi connectivity index (χ3n) is 3.46. The van der Waals surface area contributed by atoms with Crippen LogP contribution in [-0.2, 0) is 6.54 Å². The zero-order chi connectivity index (χ0) is 14.1. The Morgan fingerprint density at radius 1 is 1.25 bits per heavy atom. The highest BCUT2D eigenvalue weighted by molar-refractivity contribution is 5.82. The summed E-state index contributed by atoms with van der Waals surface area (Å²) in [5.74, 6) is 0.509.